The second-order valence-electron chi connectivity index (χ2n) is 10.2. The Bertz CT molecular complexity index is 1060. The highest BCUT2D eigenvalue weighted by Gasteiger charge is 2.47. The summed E-state index contributed by atoms with van der Waals surface area (Å²) >= 11 is 3.48. The van der Waals surface area contributed by atoms with Crippen molar-refractivity contribution in [3.05, 3.63) is 16.7 Å². The number of carbonyl (C=O) groups excluding carboxylic acids is 2. The van der Waals surface area contributed by atoms with E-state index in [1.807, 2.05) is 41.5 Å². The van der Waals surface area contributed by atoms with E-state index in [4.69, 9.17) is 14.5 Å². The first-order chi connectivity index (χ1) is 14.8. The van der Waals surface area contributed by atoms with Gasteiger partial charge in [0.05, 0.1) is 22.8 Å². The van der Waals surface area contributed by atoms with Crippen molar-refractivity contribution in [3.8, 4) is 0 Å². The van der Waals surface area contributed by atoms with Gasteiger partial charge in [-0.15, -0.1) is 0 Å². The molecule has 0 aliphatic carbocycles. The topological polar surface area (TPSA) is 101 Å². The molecule has 0 unspecified atom stereocenters. The summed E-state index contributed by atoms with van der Waals surface area (Å²) in [5, 5.41) is 7.08. The van der Waals surface area contributed by atoms with E-state index >= 15 is 0 Å². The van der Waals surface area contributed by atoms with E-state index in [2.05, 4.69) is 31.2 Å². The average Bonchev–Trinajstić information content (AvgIpc) is 3.33. The third kappa shape index (κ3) is 4.62. The van der Waals surface area contributed by atoms with Crippen LogP contribution in [0.2, 0.25) is 0 Å². The predicted octanol–water partition coefficient (Wildman–Crippen LogP) is 4.04. The minimum atomic E-state index is -0.622. The first-order valence-electron chi connectivity index (χ1n) is 10.6. The summed E-state index contributed by atoms with van der Waals surface area (Å²) in [6.07, 6.45) is 1.63. The Morgan fingerprint density at radius 1 is 1.09 bits per heavy atom. The molecule has 4 rings (SSSR count). The molecule has 11 heteroatoms. The fraction of sp³-hybridized carbons (Fsp3) is 0.619. The van der Waals surface area contributed by atoms with Crippen LogP contribution in [0.15, 0.2) is 16.7 Å². The molecule has 0 spiro atoms. The molecule has 2 amide bonds. The Hall–Kier alpha value is -2.56. The van der Waals surface area contributed by atoms with E-state index in [1.54, 1.807) is 21.7 Å². The quantitative estimate of drug-likeness (QED) is 0.652. The highest BCUT2D eigenvalue weighted by atomic mass is 79.9. The molecule has 174 valence electrons. The van der Waals surface area contributed by atoms with Crippen LogP contribution in [0.3, 0.4) is 0 Å². The van der Waals surface area contributed by atoms with Crippen molar-refractivity contribution in [1.82, 2.24) is 19.5 Å². The number of piperazine rings is 1. The maximum absolute atomic E-state index is 12.6. The number of nitrogens with zero attached hydrogens (tertiary/aromatic N) is 5. The van der Waals surface area contributed by atoms with Gasteiger partial charge in [-0.1, -0.05) is 0 Å². The molecule has 2 aromatic rings. The molecule has 2 aromatic heterocycles. The second kappa shape index (κ2) is 7.79. The number of nitrogens with one attached hydrogen (secondary N) is 1. The van der Waals surface area contributed by atoms with E-state index < -0.39 is 17.3 Å². The number of likely N-dealkylation sites (tertiary alicyclic amines) is 1. The summed E-state index contributed by atoms with van der Waals surface area (Å²) in [5.74, 6) is 1.16. The molecule has 2 aliphatic heterocycles. The third-order valence-electron chi connectivity index (χ3n) is 5.21. The zero-order chi connectivity index (χ0) is 23.4. The number of aromatic nitrogens is 3. The van der Waals surface area contributed by atoms with Crippen molar-refractivity contribution >= 4 is 45.4 Å². The molecule has 0 aromatic carbocycles. The lowest BCUT2D eigenvalue weighted by Crippen LogP contribution is -2.50. The van der Waals surface area contributed by atoms with Gasteiger partial charge in [0.25, 0.3) is 0 Å². The summed E-state index contributed by atoms with van der Waals surface area (Å²) in [6, 6.07) is 1.97. The molecule has 2 aliphatic rings. The van der Waals surface area contributed by atoms with E-state index in [1.165, 1.54) is 0 Å². The standard InChI is InChI=1S/C21H29BrN6O4/c1-20(2,3)31-18(29)25-16-8-15(24-17-14(22)9-23-28(16)17)26-10-13-7-12(26)11-27(13)19(30)32-21(4,5)6/h8-9,12-13H,7,10-11H2,1-6H3,(H,25,29)/t12-,13-/m0/s1. The van der Waals surface area contributed by atoms with E-state index in [0.29, 0.717) is 34.8 Å². The van der Waals surface area contributed by atoms with Crippen molar-refractivity contribution in [1.29, 1.82) is 0 Å². The maximum atomic E-state index is 12.6. The van der Waals surface area contributed by atoms with Crippen LogP contribution in [0.1, 0.15) is 48.0 Å². The van der Waals surface area contributed by atoms with Gasteiger partial charge >= 0.3 is 12.2 Å². The summed E-state index contributed by atoms with van der Waals surface area (Å²) in [6.45, 7) is 12.2. The molecule has 0 radical (unpaired) electrons. The van der Waals surface area contributed by atoms with E-state index in [0.717, 1.165) is 6.42 Å². The zero-order valence-electron chi connectivity index (χ0n) is 19.2. The molecule has 4 heterocycles. The van der Waals surface area contributed by atoms with Gasteiger partial charge < -0.3 is 19.3 Å². The Kier molecular flexibility index (Phi) is 5.51. The highest BCUT2D eigenvalue weighted by Crippen LogP contribution is 2.36. The Morgan fingerprint density at radius 2 is 1.78 bits per heavy atom. The zero-order valence-corrected chi connectivity index (χ0v) is 20.8. The number of fused-ring (bicyclic) bond motifs is 3. The van der Waals surface area contributed by atoms with Gasteiger partial charge in [0.15, 0.2) is 5.65 Å². The minimum Gasteiger partial charge on any atom is -0.444 e. The molecule has 2 atom stereocenters. The normalized spacial score (nSPS) is 20.7. The number of ether oxygens (including phenoxy) is 2. The van der Waals surface area contributed by atoms with Crippen LogP contribution >= 0.6 is 15.9 Å². The molecule has 1 N–H and O–H groups in total. The number of amides is 2. The number of halogens is 1. The van der Waals surface area contributed by atoms with Gasteiger partial charge in [-0.05, 0) is 63.9 Å². The number of hydrogen-bond acceptors (Lipinski definition) is 7. The molecular weight excluding hydrogens is 480 g/mol. The SMILES string of the molecule is CC(C)(C)OC(=O)Nc1cc(N2C[C@@H]3C[C@H]2CN3C(=O)OC(C)(C)C)nc2c(Br)cnn12. The monoisotopic (exact) mass is 508 g/mol. The first-order valence-corrected chi connectivity index (χ1v) is 11.4. The third-order valence-corrected chi connectivity index (χ3v) is 5.77. The maximum Gasteiger partial charge on any atom is 0.413 e. The minimum absolute atomic E-state index is 0.0588. The smallest absolute Gasteiger partial charge is 0.413 e. The summed E-state index contributed by atoms with van der Waals surface area (Å²) in [5.41, 5.74) is -0.564. The van der Waals surface area contributed by atoms with Crippen molar-refractivity contribution in [2.24, 2.45) is 0 Å². The van der Waals surface area contributed by atoms with Crippen LogP contribution in [0, 0.1) is 0 Å². The molecular formula is C21H29BrN6O4. The van der Waals surface area contributed by atoms with Gasteiger partial charge in [0.1, 0.15) is 22.8 Å². The van der Waals surface area contributed by atoms with Gasteiger partial charge in [0, 0.05) is 19.2 Å². The molecule has 2 bridgehead atoms. The molecule has 10 nitrogen and oxygen atoms in total. The lowest BCUT2D eigenvalue weighted by atomic mass is 10.2. The highest BCUT2D eigenvalue weighted by molar-refractivity contribution is 9.10. The molecule has 2 saturated heterocycles. The summed E-state index contributed by atoms with van der Waals surface area (Å²) < 4.78 is 13.2. The predicted molar refractivity (Wildman–Crippen MR) is 123 cm³/mol. The van der Waals surface area contributed by atoms with Crippen LogP contribution in [0.4, 0.5) is 21.2 Å². The number of anilines is 2. The van der Waals surface area contributed by atoms with Crippen LogP contribution in [0.5, 0.6) is 0 Å². The summed E-state index contributed by atoms with van der Waals surface area (Å²) in [7, 11) is 0. The molecule has 32 heavy (non-hydrogen) atoms. The fourth-order valence-electron chi connectivity index (χ4n) is 4.06. The van der Waals surface area contributed by atoms with Gasteiger partial charge in [0.2, 0.25) is 0 Å². The van der Waals surface area contributed by atoms with Gasteiger partial charge in [-0.25, -0.2) is 14.6 Å². The Morgan fingerprint density at radius 3 is 2.38 bits per heavy atom. The largest absolute Gasteiger partial charge is 0.444 e. The van der Waals surface area contributed by atoms with Crippen molar-refractivity contribution in [3.63, 3.8) is 0 Å². The van der Waals surface area contributed by atoms with Crippen LogP contribution in [0.25, 0.3) is 5.65 Å². The van der Waals surface area contributed by atoms with E-state index in [-0.39, 0.29) is 18.2 Å². The fourth-order valence-corrected chi connectivity index (χ4v) is 4.41. The Labute approximate surface area is 195 Å². The van der Waals surface area contributed by atoms with Crippen LogP contribution in [-0.4, -0.2) is 68.1 Å². The van der Waals surface area contributed by atoms with Crippen LogP contribution < -0.4 is 10.2 Å². The lowest BCUT2D eigenvalue weighted by Gasteiger charge is -2.35. The van der Waals surface area contributed by atoms with Crippen LogP contribution in [-0.2, 0) is 9.47 Å². The number of hydrogen-bond donors (Lipinski definition) is 1. The van der Waals surface area contributed by atoms with Gasteiger partial charge in [-0.3, -0.25) is 5.32 Å². The van der Waals surface area contributed by atoms with Crippen molar-refractivity contribution in [2.45, 2.75) is 71.2 Å². The lowest BCUT2D eigenvalue weighted by molar-refractivity contribution is 0.0214. The van der Waals surface area contributed by atoms with E-state index in [9.17, 15) is 9.59 Å². The molecule has 0 saturated carbocycles. The second-order valence-corrected chi connectivity index (χ2v) is 11.0. The van der Waals surface area contributed by atoms with Gasteiger partial charge in [-0.2, -0.15) is 9.61 Å². The number of carbonyl (C=O) groups is 2. The molecule has 2 fully saturated rings. The summed E-state index contributed by atoms with van der Waals surface area (Å²) in [4.78, 5) is 33.7. The Balaban J connectivity index is 1.57. The average molecular weight is 509 g/mol. The number of rotatable bonds is 2. The first kappa shape index (κ1) is 22.6. The van der Waals surface area contributed by atoms with Crippen molar-refractivity contribution < 1.29 is 19.1 Å². The van der Waals surface area contributed by atoms with Crippen molar-refractivity contribution in [2.75, 3.05) is 23.3 Å².